The molecule has 1 heterocycles. The molecule has 2 N–H and O–H groups in total. The van der Waals surface area contributed by atoms with Crippen LogP contribution in [0.4, 0.5) is 13.2 Å². The molecule has 0 aliphatic rings. The molecule has 0 fully saturated rings. The highest BCUT2D eigenvalue weighted by Gasteiger charge is 2.30. The van der Waals surface area contributed by atoms with Crippen LogP contribution in [0.5, 0.6) is 17.4 Å². The van der Waals surface area contributed by atoms with Crippen LogP contribution in [-0.4, -0.2) is 21.1 Å². The number of nitrogens with zero attached hydrogens (tertiary/aromatic N) is 1. The van der Waals surface area contributed by atoms with Crippen LogP contribution < -0.4 is 4.74 Å². The van der Waals surface area contributed by atoms with Gasteiger partial charge < -0.3 is 19.5 Å². The van der Waals surface area contributed by atoms with Gasteiger partial charge in [0.25, 0.3) is 0 Å². The van der Waals surface area contributed by atoms with Crippen molar-refractivity contribution < 1.29 is 28.1 Å². The van der Waals surface area contributed by atoms with Gasteiger partial charge in [-0.05, 0) is 29.8 Å². The van der Waals surface area contributed by atoms with E-state index in [1.807, 2.05) is 0 Å². The molecule has 126 valence electrons. The molecule has 0 radical (unpaired) electrons. The fourth-order valence-corrected chi connectivity index (χ4v) is 2.74. The van der Waals surface area contributed by atoms with Gasteiger partial charge in [-0.15, -0.1) is 13.2 Å². The van der Waals surface area contributed by atoms with Crippen LogP contribution in [0, 0.1) is 0 Å². The van der Waals surface area contributed by atoms with Gasteiger partial charge in [-0.25, -0.2) is 0 Å². The lowest BCUT2D eigenvalue weighted by Crippen LogP contribution is -2.17. The summed E-state index contributed by atoms with van der Waals surface area (Å²) in [7, 11) is 0. The van der Waals surface area contributed by atoms with Crippen molar-refractivity contribution in [2.75, 3.05) is 0 Å². The third-order valence-corrected chi connectivity index (χ3v) is 3.70. The standard InChI is InChI=1S/C16H11ClF3NO3/c17-13-6-11(22)5-10-8-21(15(23)14(10)13)7-9-1-3-12(4-2-9)24-16(18,19)20/h1-6,8,22-23H,7H2. The summed E-state index contributed by atoms with van der Waals surface area (Å²) in [6, 6.07) is 8.09. The summed E-state index contributed by atoms with van der Waals surface area (Å²) in [5, 5.41) is 20.9. The minimum absolute atomic E-state index is 0.0293. The van der Waals surface area contributed by atoms with Gasteiger partial charge >= 0.3 is 6.36 Å². The van der Waals surface area contributed by atoms with Crippen molar-refractivity contribution in [1.82, 2.24) is 4.57 Å². The number of fused-ring (bicyclic) bond motifs is 1. The lowest BCUT2D eigenvalue weighted by Gasteiger charge is -2.10. The van der Waals surface area contributed by atoms with E-state index in [9.17, 15) is 23.4 Å². The smallest absolute Gasteiger partial charge is 0.508 e. The SMILES string of the molecule is Oc1cc(Cl)c2c(O)n(Cc3ccc(OC(F)(F)F)cc3)cc2c1. The molecule has 0 unspecified atom stereocenters. The molecule has 0 aliphatic carbocycles. The predicted molar refractivity (Wildman–Crippen MR) is 82.5 cm³/mol. The number of halogens is 4. The number of aromatic hydroxyl groups is 2. The summed E-state index contributed by atoms with van der Waals surface area (Å²) >= 11 is 6.01. The average Bonchev–Trinajstić information content (AvgIpc) is 2.76. The van der Waals surface area contributed by atoms with Crippen LogP contribution in [-0.2, 0) is 6.54 Å². The van der Waals surface area contributed by atoms with Gasteiger partial charge in [-0.3, -0.25) is 0 Å². The van der Waals surface area contributed by atoms with Gasteiger partial charge in [0, 0.05) is 11.6 Å². The Labute approximate surface area is 139 Å². The lowest BCUT2D eigenvalue weighted by atomic mass is 10.2. The normalized spacial score (nSPS) is 11.8. The zero-order chi connectivity index (χ0) is 17.5. The molecule has 0 bridgehead atoms. The van der Waals surface area contributed by atoms with Crippen molar-refractivity contribution in [2.24, 2.45) is 0 Å². The van der Waals surface area contributed by atoms with Crippen LogP contribution in [0.15, 0.2) is 42.6 Å². The summed E-state index contributed by atoms with van der Waals surface area (Å²) in [6.07, 6.45) is -3.15. The summed E-state index contributed by atoms with van der Waals surface area (Å²) < 4.78 is 41.7. The lowest BCUT2D eigenvalue weighted by molar-refractivity contribution is -0.274. The Bertz CT molecular complexity index is 888. The maximum absolute atomic E-state index is 12.1. The van der Waals surface area contributed by atoms with Crippen LogP contribution in [0.3, 0.4) is 0 Å². The Hall–Kier alpha value is -2.54. The molecule has 0 atom stereocenters. The third kappa shape index (κ3) is 3.35. The fraction of sp³-hybridized carbons (Fsp3) is 0.125. The van der Waals surface area contributed by atoms with Gasteiger partial charge in [0.1, 0.15) is 11.5 Å². The quantitative estimate of drug-likeness (QED) is 0.717. The van der Waals surface area contributed by atoms with E-state index in [0.717, 1.165) is 0 Å². The Balaban J connectivity index is 1.87. The molecule has 3 rings (SSSR count). The molecule has 0 saturated heterocycles. The van der Waals surface area contributed by atoms with E-state index >= 15 is 0 Å². The van der Waals surface area contributed by atoms with Crippen molar-refractivity contribution in [3.8, 4) is 17.4 Å². The van der Waals surface area contributed by atoms with Crippen molar-refractivity contribution >= 4 is 22.4 Å². The fourth-order valence-electron chi connectivity index (χ4n) is 2.44. The number of phenols is 1. The van der Waals surface area contributed by atoms with Crippen molar-refractivity contribution in [3.05, 3.63) is 53.2 Å². The Kier molecular flexibility index (Phi) is 3.96. The minimum Gasteiger partial charge on any atom is -0.508 e. The van der Waals surface area contributed by atoms with Gasteiger partial charge in [0.2, 0.25) is 5.88 Å². The molecule has 8 heteroatoms. The first-order chi connectivity index (χ1) is 11.2. The second-order valence-electron chi connectivity index (χ2n) is 5.16. The van der Waals surface area contributed by atoms with Crippen LogP contribution in [0.1, 0.15) is 5.56 Å². The number of benzene rings is 2. The molecule has 0 amide bonds. The first kappa shape index (κ1) is 16.3. The van der Waals surface area contributed by atoms with Crippen molar-refractivity contribution in [1.29, 1.82) is 0 Å². The molecule has 3 aromatic rings. The number of phenolic OH excluding ortho intramolecular Hbond substituents is 1. The van der Waals surface area contributed by atoms with E-state index in [4.69, 9.17) is 11.6 Å². The van der Waals surface area contributed by atoms with Gasteiger partial charge in [0.15, 0.2) is 0 Å². The zero-order valence-electron chi connectivity index (χ0n) is 12.0. The molecular formula is C16H11ClF3NO3. The summed E-state index contributed by atoms with van der Waals surface area (Å²) in [5.74, 6) is -0.440. The molecule has 4 nitrogen and oxygen atoms in total. The monoisotopic (exact) mass is 357 g/mol. The van der Waals surface area contributed by atoms with Crippen LogP contribution >= 0.6 is 11.6 Å². The van der Waals surface area contributed by atoms with Gasteiger partial charge in [-0.1, -0.05) is 23.7 Å². The largest absolute Gasteiger partial charge is 0.573 e. The van der Waals surface area contributed by atoms with Crippen LogP contribution in [0.25, 0.3) is 10.8 Å². The highest BCUT2D eigenvalue weighted by Crippen LogP contribution is 2.36. The number of alkyl halides is 3. The maximum Gasteiger partial charge on any atom is 0.573 e. The number of ether oxygens (including phenoxy) is 1. The van der Waals surface area contributed by atoms with E-state index in [0.29, 0.717) is 16.3 Å². The number of rotatable bonds is 3. The second-order valence-corrected chi connectivity index (χ2v) is 5.57. The molecule has 0 saturated carbocycles. The third-order valence-electron chi connectivity index (χ3n) is 3.41. The summed E-state index contributed by atoms with van der Waals surface area (Å²) in [5.41, 5.74) is 0.653. The molecule has 0 spiro atoms. The number of hydrogen-bond acceptors (Lipinski definition) is 3. The maximum atomic E-state index is 12.1. The Morgan fingerprint density at radius 1 is 1.08 bits per heavy atom. The van der Waals surface area contributed by atoms with E-state index in [2.05, 4.69) is 4.74 Å². The van der Waals surface area contributed by atoms with Gasteiger partial charge in [-0.2, -0.15) is 0 Å². The van der Waals surface area contributed by atoms with E-state index in [1.165, 1.54) is 41.0 Å². The van der Waals surface area contributed by atoms with Crippen LogP contribution in [0.2, 0.25) is 5.02 Å². The van der Waals surface area contributed by atoms with E-state index < -0.39 is 6.36 Å². The number of hydrogen-bond donors (Lipinski definition) is 2. The van der Waals surface area contributed by atoms with Gasteiger partial charge in [0.05, 0.1) is 17.0 Å². The highest BCUT2D eigenvalue weighted by molar-refractivity contribution is 6.36. The Morgan fingerprint density at radius 2 is 1.75 bits per heavy atom. The zero-order valence-corrected chi connectivity index (χ0v) is 12.8. The molecule has 24 heavy (non-hydrogen) atoms. The highest BCUT2D eigenvalue weighted by atomic mass is 35.5. The second kappa shape index (κ2) is 5.83. The summed E-state index contributed by atoms with van der Waals surface area (Å²) in [4.78, 5) is 0. The minimum atomic E-state index is -4.74. The average molecular weight is 358 g/mol. The molecule has 1 aromatic heterocycles. The Morgan fingerprint density at radius 3 is 2.38 bits per heavy atom. The van der Waals surface area contributed by atoms with E-state index in [1.54, 1.807) is 6.20 Å². The molecule has 0 aliphatic heterocycles. The molecule has 2 aromatic carbocycles. The van der Waals surface area contributed by atoms with Crippen molar-refractivity contribution in [2.45, 2.75) is 12.9 Å². The van der Waals surface area contributed by atoms with Crippen molar-refractivity contribution in [3.63, 3.8) is 0 Å². The molecular weight excluding hydrogens is 347 g/mol. The first-order valence-corrected chi connectivity index (χ1v) is 7.16. The first-order valence-electron chi connectivity index (χ1n) is 6.78. The summed E-state index contributed by atoms with van der Waals surface area (Å²) in [6.45, 7) is 0.212. The van der Waals surface area contributed by atoms with E-state index in [-0.39, 0.29) is 28.9 Å². The predicted octanol–water partition coefficient (Wildman–Crippen LogP) is 4.65. The number of aromatic nitrogens is 1. The topological polar surface area (TPSA) is 54.6 Å².